The van der Waals surface area contributed by atoms with Crippen molar-refractivity contribution in [2.45, 2.75) is 75.2 Å². The monoisotopic (exact) mass is 486 g/mol. The van der Waals surface area contributed by atoms with E-state index >= 15 is 0 Å². The van der Waals surface area contributed by atoms with Gasteiger partial charge in [0, 0.05) is 49.4 Å². The number of piperazine rings is 1. The van der Waals surface area contributed by atoms with Crippen molar-refractivity contribution in [2.75, 3.05) is 45.2 Å². The van der Waals surface area contributed by atoms with Crippen molar-refractivity contribution in [1.82, 2.24) is 15.1 Å². The predicted molar refractivity (Wildman–Crippen MR) is 132 cm³/mol. The predicted octanol–water partition coefficient (Wildman–Crippen LogP) is 2.30. The number of ether oxygens (including phenoxy) is 2. The number of amides is 3. The van der Waals surface area contributed by atoms with Gasteiger partial charge in [-0.3, -0.25) is 4.79 Å². The molecule has 1 aliphatic carbocycles. The molecule has 1 aromatic carbocycles. The number of hydrogen-bond donors (Lipinski definition) is 3. The van der Waals surface area contributed by atoms with E-state index in [-0.39, 0.29) is 42.7 Å². The summed E-state index contributed by atoms with van der Waals surface area (Å²) in [5, 5.41) is 16.1. The highest BCUT2D eigenvalue weighted by molar-refractivity contribution is 5.89. The van der Waals surface area contributed by atoms with Crippen LogP contribution in [0.2, 0.25) is 0 Å². The molecule has 1 aromatic rings. The molecule has 3 heterocycles. The first-order chi connectivity index (χ1) is 17.0. The van der Waals surface area contributed by atoms with Crippen LogP contribution in [-0.4, -0.2) is 91.0 Å². The molecule has 0 spiro atoms. The number of benzene rings is 1. The number of aliphatic hydroxyl groups excluding tert-OH is 1. The molecule has 5 rings (SSSR count). The lowest BCUT2D eigenvalue weighted by molar-refractivity contribution is -0.150. The average molecular weight is 487 g/mol. The number of carbonyl (C=O) groups excluding carboxylic acids is 2. The molecule has 0 unspecified atom stereocenters. The third kappa shape index (κ3) is 5.57. The Balaban J connectivity index is 1.24. The van der Waals surface area contributed by atoms with Gasteiger partial charge in [-0.05, 0) is 44.5 Å². The molecule has 4 aliphatic rings. The van der Waals surface area contributed by atoms with Gasteiger partial charge in [-0.25, -0.2) is 4.79 Å². The molecule has 3 N–H and O–H groups in total. The minimum Gasteiger partial charge on any atom is -0.487 e. The smallest absolute Gasteiger partial charge is 0.319 e. The van der Waals surface area contributed by atoms with Crippen LogP contribution >= 0.6 is 0 Å². The minimum atomic E-state index is -0.488. The normalized spacial score (nSPS) is 29.1. The van der Waals surface area contributed by atoms with E-state index in [1.165, 1.54) is 6.42 Å². The van der Waals surface area contributed by atoms with Crippen molar-refractivity contribution >= 4 is 17.6 Å². The average Bonchev–Trinajstić information content (AvgIpc) is 3.22. The molecule has 35 heavy (non-hydrogen) atoms. The van der Waals surface area contributed by atoms with E-state index in [1.807, 2.05) is 23.1 Å². The molecule has 9 nitrogen and oxygen atoms in total. The molecule has 3 aliphatic heterocycles. The Bertz CT molecular complexity index is 913. The Morgan fingerprint density at radius 1 is 1.11 bits per heavy atom. The van der Waals surface area contributed by atoms with Gasteiger partial charge in [-0.1, -0.05) is 19.3 Å². The number of rotatable bonds is 5. The first-order valence-corrected chi connectivity index (χ1v) is 13.1. The molecule has 0 bridgehead atoms. The van der Waals surface area contributed by atoms with E-state index in [2.05, 4.69) is 22.6 Å². The van der Waals surface area contributed by atoms with Crippen molar-refractivity contribution < 1.29 is 24.2 Å². The van der Waals surface area contributed by atoms with Crippen LogP contribution in [0, 0.1) is 0 Å². The Kier molecular flexibility index (Phi) is 7.45. The number of hydrogen-bond acceptors (Lipinski definition) is 6. The summed E-state index contributed by atoms with van der Waals surface area (Å²) < 4.78 is 12.3. The van der Waals surface area contributed by atoms with E-state index in [1.54, 1.807) is 0 Å². The number of carbonyl (C=O) groups is 2. The molecular formula is C26H38N4O5. The molecule has 9 heteroatoms. The summed E-state index contributed by atoms with van der Waals surface area (Å²) in [6, 6.07) is 5.76. The lowest BCUT2D eigenvalue weighted by Crippen LogP contribution is -2.50. The first kappa shape index (κ1) is 24.3. The summed E-state index contributed by atoms with van der Waals surface area (Å²) in [6.45, 7) is 3.07. The highest BCUT2D eigenvalue weighted by Crippen LogP contribution is 2.47. The van der Waals surface area contributed by atoms with E-state index in [0.29, 0.717) is 12.8 Å². The number of aliphatic hydroxyl groups is 1. The third-order valence-corrected chi connectivity index (χ3v) is 7.96. The van der Waals surface area contributed by atoms with Gasteiger partial charge < -0.3 is 35.0 Å². The van der Waals surface area contributed by atoms with Crippen molar-refractivity contribution in [2.24, 2.45) is 0 Å². The first-order valence-electron chi connectivity index (χ1n) is 13.1. The van der Waals surface area contributed by atoms with Crippen LogP contribution in [-0.2, 0) is 9.53 Å². The number of nitrogens with zero attached hydrogens (tertiary/aromatic N) is 2. The Hall–Kier alpha value is -2.36. The second-order valence-electron chi connectivity index (χ2n) is 10.5. The Morgan fingerprint density at radius 2 is 1.89 bits per heavy atom. The molecule has 3 amide bonds. The number of nitrogens with one attached hydrogen (secondary N) is 2. The fourth-order valence-electron chi connectivity index (χ4n) is 5.95. The highest BCUT2D eigenvalue weighted by Gasteiger charge is 2.46. The fourth-order valence-corrected chi connectivity index (χ4v) is 5.95. The van der Waals surface area contributed by atoms with Gasteiger partial charge in [0.15, 0.2) is 0 Å². The molecule has 0 radical (unpaired) electrons. The summed E-state index contributed by atoms with van der Waals surface area (Å²) in [5.74, 6) is 0.864. The summed E-state index contributed by atoms with van der Waals surface area (Å²) >= 11 is 0. The lowest BCUT2D eigenvalue weighted by atomic mass is 9.84. The molecule has 192 valence electrons. The lowest BCUT2D eigenvalue weighted by Gasteiger charge is -2.38. The SMILES string of the molecule is CN1CCN(C(=O)C[C@H]2C[C@@H]3c4cc(NC(=O)NC5CCCCC5)ccc4O[C@@H]3[C@H](CO)O2)CC1. The quantitative estimate of drug-likeness (QED) is 0.590. The zero-order valence-corrected chi connectivity index (χ0v) is 20.6. The topological polar surface area (TPSA) is 103 Å². The van der Waals surface area contributed by atoms with Gasteiger partial charge in [0.1, 0.15) is 18.0 Å². The molecular weight excluding hydrogens is 448 g/mol. The van der Waals surface area contributed by atoms with Crippen LogP contribution in [0.5, 0.6) is 5.75 Å². The van der Waals surface area contributed by atoms with Crippen LogP contribution in [0.15, 0.2) is 18.2 Å². The van der Waals surface area contributed by atoms with E-state index in [0.717, 1.165) is 68.9 Å². The van der Waals surface area contributed by atoms with Gasteiger partial charge in [-0.2, -0.15) is 0 Å². The van der Waals surface area contributed by atoms with Crippen LogP contribution in [0.3, 0.4) is 0 Å². The number of urea groups is 1. The maximum atomic E-state index is 12.9. The van der Waals surface area contributed by atoms with Crippen molar-refractivity contribution in [3.05, 3.63) is 23.8 Å². The van der Waals surface area contributed by atoms with Crippen LogP contribution in [0.25, 0.3) is 0 Å². The number of likely N-dealkylation sites (N-methyl/N-ethyl adjacent to an activating group) is 1. The fraction of sp³-hybridized carbons (Fsp3) is 0.692. The van der Waals surface area contributed by atoms with Gasteiger partial charge in [0.25, 0.3) is 0 Å². The third-order valence-electron chi connectivity index (χ3n) is 7.96. The largest absolute Gasteiger partial charge is 0.487 e. The zero-order chi connectivity index (χ0) is 24.4. The van der Waals surface area contributed by atoms with Crippen LogP contribution in [0.1, 0.15) is 56.4 Å². The molecule has 3 fully saturated rings. The second-order valence-corrected chi connectivity index (χ2v) is 10.5. The maximum absolute atomic E-state index is 12.9. The molecule has 0 aromatic heterocycles. The summed E-state index contributed by atoms with van der Waals surface area (Å²) in [4.78, 5) is 29.6. The minimum absolute atomic E-state index is 0.00402. The zero-order valence-electron chi connectivity index (χ0n) is 20.6. The van der Waals surface area contributed by atoms with E-state index in [9.17, 15) is 14.7 Å². The van der Waals surface area contributed by atoms with Crippen LogP contribution in [0.4, 0.5) is 10.5 Å². The van der Waals surface area contributed by atoms with E-state index in [4.69, 9.17) is 9.47 Å². The molecule has 1 saturated carbocycles. The van der Waals surface area contributed by atoms with Crippen molar-refractivity contribution in [1.29, 1.82) is 0 Å². The second kappa shape index (κ2) is 10.7. The van der Waals surface area contributed by atoms with Crippen molar-refractivity contribution in [3.63, 3.8) is 0 Å². The van der Waals surface area contributed by atoms with Gasteiger partial charge >= 0.3 is 6.03 Å². The van der Waals surface area contributed by atoms with Crippen molar-refractivity contribution in [3.8, 4) is 5.75 Å². The summed E-state index contributed by atoms with van der Waals surface area (Å²) in [7, 11) is 2.07. The highest BCUT2D eigenvalue weighted by atomic mass is 16.6. The Labute approximate surface area is 207 Å². The maximum Gasteiger partial charge on any atom is 0.319 e. The standard InChI is InChI=1S/C26H38N4O5/c1-29-9-11-30(12-10-29)24(32)15-19-14-21-20-13-18(28-26(33)27-17-5-3-2-4-6-17)7-8-22(20)35-25(21)23(16-31)34-19/h7-8,13,17,19,21,23,25,31H,2-6,9-12,14-16H2,1H3,(H2,27,28,33)/t19-,21-,23+,25+/m1/s1. The molecule has 4 atom stereocenters. The van der Waals surface area contributed by atoms with Gasteiger partial charge in [-0.15, -0.1) is 0 Å². The van der Waals surface area contributed by atoms with Gasteiger partial charge in [0.05, 0.1) is 19.1 Å². The van der Waals surface area contributed by atoms with Gasteiger partial charge in [0.2, 0.25) is 5.91 Å². The Morgan fingerprint density at radius 3 is 2.63 bits per heavy atom. The summed E-state index contributed by atoms with van der Waals surface area (Å²) in [6.07, 6.45) is 5.53. The molecule has 2 saturated heterocycles. The van der Waals surface area contributed by atoms with Crippen LogP contribution < -0.4 is 15.4 Å². The number of anilines is 1. The van der Waals surface area contributed by atoms with E-state index < -0.39 is 6.10 Å². The summed E-state index contributed by atoms with van der Waals surface area (Å²) in [5.41, 5.74) is 1.72. The number of fused-ring (bicyclic) bond motifs is 3.